The van der Waals surface area contributed by atoms with Crippen LogP contribution in [0.3, 0.4) is 0 Å². The minimum Gasteiger partial charge on any atom is -0.283 e. The lowest BCUT2D eigenvalue weighted by molar-refractivity contribution is -0.137. The number of nitrogens with zero attached hydrogens (tertiary/aromatic N) is 3. The second-order valence-corrected chi connectivity index (χ2v) is 2.73. The minimum atomic E-state index is -0.507. The number of azo groups is 1. The maximum absolute atomic E-state index is 11.2. The summed E-state index contributed by atoms with van der Waals surface area (Å²) in [6, 6.07) is -0.507. The van der Waals surface area contributed by atoms with Crippen LogP contribution in [0.4, 0.5) is 0 Å². The van der Waals surface area contributed by atoms with E-state index in [4.69, 9.17) is 0 Å². The molecule has 0 bridgehead atoms. The fourth-order valence-corrected chi connectivity index (χ4v) is 1.39. The molecule has 0 N–H and O–H groups in total. The molecule has 0 aromatic rings. The van der Waals surface area contributed by atoms with E-state index < -0.39 is 6.04 Å². The summed E-state index contributed by atoms with van der Waals surface area (Å²) < 4.78 is 0. The number of amides is 2. The number of carbonyl (C=O) groups is 2. The summed E-state index contributed by atoms with van der Waals surface area (Å²) in [5.74, 6) is -0.668. The summed E-state index contributed by atoms with van der Waals surface area (Å²) >= 11 is 0. The molecule has 2 rings (SSSR count). The van der Waals surface area contributed by atoms with Gasteiger partial charge in [-0.25, -0.2) is 0 Å². The summed E-state index contributed by atoms with van der Waals surface area (Å²) in [7, 11) is 1.48. The van der Waals surface area contributed by atoms with Crippen LogP contribution >= 0.6 is 0 Å². The zero-order chi connectivity index (χ0) is 8.01. The van der Waals surface area contributed by atoms with E-state index in [0.717, 1.165) is 4.90 Å². The third-order valence-electron chi connectivity index (χ3n) is 2.10. The Morgan fingerprint density at radius 3 is 2.82 bits per heavy atom. The van der Waals surface area contributed by atoms with Gasteiger partial charge in [-0.2, -0.15) is 10.2 Å². The molecule has 2 aliphatic rings. The van der Waals surface area contributed by atoms with Crippen molar-refractivity contribution in [2.24, 2.45) is 16.1 Å². The largest absolute Gasteiger partial charge is 0.283 e. The van der Waals surface area contributed by atoms with Gasteiger partial charge in [0.1, 0.15) is 0 Å². The average molecular weight is 153 g/mol. The Kier molecular flexibility index (Phi) is 1.10. The molecule has 1 saturated heterocycles. The number of likely N-dealkylation sites (N-methyl/N-ethyl adjacent to an activating group) is 1. The Hall–Kier alpha value is -1.26. The van der Waals surface area contributed by atoms with Crippen LogP contribution in [0.15, 0.2) is 10.2 Å². The molecular formula is C6H7N3O2. The SMILES string of the molecule is CN1C(=O)C2CN=NC2C1=O. The van der Waals surface area contributed by atoms with Gasteiger partial charge in [-0.15, -0.1) is 0 Å². The predicted molar refractivity (Wildman–Crippen MR) is 34.8 cm³/mol. The van der Waals surface area contributed by atoms with Crippen molar-refractivity contribution in [1.29, 1.82) is 0 Å². The highest BCUT2D eigenvalue weighted by atomic mass is 16.2. The topological polar surface area (TPSA) is 62.1 Å². The van der Waals surface area contributed by atoms with Crippen LogP contribution in [0.1, 0.15) is 0 Å². The third kappa shape index (κ3) is 0.649. The Morgan fingerprint density at radius 2 is 2.18 bits per heavy atom. The first-order valence-electron chi connectivity index (χ1n) is 3.40. The Labute approximate surface area is 63.1 Å². The molecule has 0 aromatic heterocycles. The van der Waals surface area contributed by atoms with Gasteiger partial charge in [0.25, 0.3) is 5.91 Å². The van der Waals surface area contributed by atoms with Crippen molar-refractivity contribution >= 4 is 11.8 Å². The highest BCUT2D eigenvalue weighted by Gasteiger charge is 2.48. The van der Waals surface area contributed by atoms with Crippen molar-refractivity contribution in [3.63, 3.8) is 0 Å². The molecule has 0 aliphatic carbocycles. The molecule has 5 heteroatoms. The first kappa shape index (κ1) is 6.45. The molecular weight excluding hydrogens is 146 g/mol. The standard InChI is InChI=1S/C6H7N3O2/c1-9-5(10)3-2-7-8-4(3)6(9)11/h3-4H,2H2,1H3. The highest BCUT2D eigenvalue weighted by molar-refractivity contribution is 6.07. The van der Waals surface area contributed by atoms with Crippen molar-refractivity contribution in [3.8, 4) is 0 Å². The van der Waals surface area contributed by atoms with Gasteiger partial charge in [0.05, 0.1) is 12.5 Å². The van der Waals surface area contributed by atoms with Gasteiger partial charge in [0.15, 0.2) is 6.04 Å². The molecule has 2 aliphatic heterocycles. The van der Waals surface area contributed by atoms with Crippen LogP contribution in [0, 0.1) is 5.92 Å². The molecule has 0 radical (unpaired) electrons. The molecule has 2 atom stereocenters. The van der Waals surface area contributed by atoms with Crippen LogP contribution in [-0.2, 0) is 9.59 Å². The number of hydrogen-bond acceptors (Lipinski definition) is 4. The predicted octanol–water partition coefficient (Wildman–Crippen LogP) is -0.564. The van der Waals surface area contributed by atoms with E-state index in [9.17, 15) is 9.59 Å². The van der Waals surface area contributed by atoms with Gasteiger partial charge in [-0.3, -0.25) is 14.5 Å². The maximum atomic E-state index is 11.2. The number of imide groups is 1. The fraction of sp³-hybridized carbons (Fsp3) is 0.667. The Balaban J connectivity index is 2.36. The van der Waals surface area contributed by atoms with Crippen LogP contribution in [0.25, 0.3) is 0 Å². The summed E-state index contributed by atoms with van der Waals surface area (Å²) in [4.78, 5) is 23.5. The number of hydrogen-bond donors (Lipinski definition) is 0. The van der Waals surface area contributed by atoms with Gasteiger partial charge >= 0.3 is 0 Å². The van der Waals surface area contributed by atoms with E-state index in [2.05, 4.69) is 10.2 Å². The van der Waals surface area contributed by atoms with Crippen molar-refractivity contribution in [2.75, 3.05) is 13.6 Å². The van der Waals surface area contributed by atoms with Gasteiger partial charge in [-0.1, -0.05) is 0 Å². The van der Waals surface area contributed by atoms with Crippen molar-refractivity contribution in [1.82, 2.24) is 4.90 Å². The van der Waals surface area contributed by atoms with Gasteiger partial charge < -0.3 is 0 Å². The van der Waals surface area contributed by atoms with Crippen molar-refractivity contribution < 1.29 is 9.59 Å². The molecule has 11 heavy (non-hydrogen) atoms. The molecule has 2 heterocycles. The Bertz CT molecular complexity index is 261. The second kappa shape index (κ2) is 1.87. The van der Waals surface area contributed by atoms with Crippen LogP contribution in [0.2, 0.25) is 0 Å². The summed E-state index contributed by atoms with van der Waals surface area (Å²) in [5.41, 5.74) is 0. The monoisotopic (exact) mass is 153 g/mol. The first-order chi connectivity index (χ1) is 5.22. The lowest BCUT2D eigenvalue weighted by atomic mass is 10.1. The minimum absolute atomic E-state index is 0.148. The normalized spacial score (nSPS) is 35.2. The lowest BCUT2D eigenvalue weighted by Crippen LogP contribution is -2.27. The fourth-order valence-electron chi connectivity index (χ4n) is 1.39. The number of carbonyl (C=O) groups excluding carboxylic acids is 2. The summed E-state index contributed by atoms with van der Waals surface area (Å²) in [6.45, 7) is 0.375. The quantitative estimate of drug-likeness (QED) is 0.438. The van der Waals surface area contributed by atoms with Crippen LogP contribution in [-0.4, -0.2) is 36.3 Å². The molecule has 5 nitrogen and oxygen atoms in total. The van der Waals surface area contributed by atoms with Gasteiger partial charge in [-0.05, 0) is 0 Å². The van der Waals surface area contributed by atoms with Crippen molar-refractivity contribution in [3.05, 3.63) is 0 Å². The van der Waals surface area contributed by atoms with E-state index in [1.165, 1.54) is 7.05 Å². The smallest absolute Gasteiger partial charge is 0.256 e. The molecule has 0 saturated carbocycles. The third-order valence-corrected chi connectivity index (χ3v) is 2.10. The van der Waals surface area contributed by atoms with Crippen LogP contribution in [0.5, 0.6) is 0 Å². The van der Waals surface area contributed by atoms with E-state index in [1.807, 2.05) is 0 Å². The van der Waals surface area contributed by atoms with Gasteiger partial charge in [0.2, 0.25) is 5.91 Å². The number of likely N-dealkylation sites (tertiary alicyclic amines) is 1. The molecule has 0 spiro atoms. The lowest BCUT2D eigenvalue weighted by Gasteiger charge is -2.04. The maximum Gasteiger partial charge on any atom is 0.256 e. The molecule has 2 amide bonds. The molecule has 0 aromatic carbocycles. The van der Waals surface area contributed by atoms with Crippen molar-refractivity contribution in [2.45, 2.75) is 6.04 Å². The zero-order valence-electron chi connectivity index (χ0n) is 6.02. The number of rotatable bonds is 0. The molecule has 2 unspecified atom stereocenters. The van der Waals surface area contributed by atoms with E-state index in [1.54, 1.807) is 0 Å². The summed E-state index contributed by atoms with van der Waals surface area (Å²) in [6.07, 6.45) is 0. The average Bonchev–Trinajstić information content (AvgIpc) is 2.53. The zero-order valence-corrected chi connectivity index (χ0v) is 6.02. The first-order valence-corrected chi connectivity index (χ1v) is 3.40. The van der Waals surface area contributed by atoms with E-state index in [-0.39, 0.29) is 17.7 Å². The summed E-state index contributed by atoms with van der Waals surface area (Å²) in [5, 5.41) is 7.35. The van der Waals surface area contributed by atoms with Gasteiger partial charge in [0, 0.05) is 7.05 Å². The second-order valence-electron chi connectivity index (χ2n) is 2.73. The number of fused-ring (bicyclic) bond motifs is 1. The van der Waals surface area contributed by atoms with Crippen LogP contribution < -0.4 is 0 Å². The highest BCUT2D eigenvalue weighted by Crippen LogP contribution is 2.26. The molecule has 58 valence electrons. The Morgan fingerprint density at radius 1 is 1.45 bits per heavy atom. The van der Waals surface area contributed by atoms with E-state index in [0.29, 0.717) is 6.54 Å². The molecule has 1 fully saturated rings. The van der Waals surface area contributed by atoms with E-state index >= 15 is 0 Å².